The second-order valence-corrected chi connectivity index (χ2v) is 6.51. The number of thiophene rings is 1. The van der Waals surface area contributed by atoms with Gasteiger partial charge in [0.05, 0.1) is 17.2 Å². The van der Waals surface area contributed by atoms with Crippen LogP contribution in [0, 0.1) is 11.3 Å². The predicted octanol–water partition coefficient (Wildman–Crippen LogP) is 2.89. The van der Waals surface area contributed by atoms with Crippen LogP contribution in [0.15, 0.2) is 29.6 Å². The van der Waals surface area contributed by atoms with Crippen molar-refractivity contribution in [1.82, 2.24) is 5.32 Å². The number of rotatable bonds is 4. The first-order chi connectivity index (χ1) is 10.7. The van der Waals surface area contributed by atoms with Gasteiger partial charge in [0, 0.05) is 22.8 Å². The van der Waals surface area contributed by atoms with Gasteiger partial charge in [0.1, 0.15) is 0 Å². The largest absolute Gasteiger partial charge is 0.366 e. The molecule has 0 fully saturated rings. The topological polar surface area (TPSA) is 78.9 Å². The van der Waals surface area contributed by atoms with Crippen LogP contribution in [0.4, 0.5) is 0 Å². The minimum Gasteiger partial charge on any atom is -0.366 e. The number of benzene rings is 1. The molecule has 1 aliphatic rings. The smallest absolute Gasteiger partial charge is 0.249 e. The van der Waals surface area contributed by atoms with E-state index in [9.17, 15) is 4.79 Å². The Morgan fingerprint density at radius 3 is 3.05 bits per heavy atom. The molecule has 0 saturated carbocycles. The molecule has 4 nitrogen and oxygen atoms in total. The molecule has 112 valence electrons. The number of primary amides is 1. The highest BCUT2D eigenvalue weighted by molar-refractivity contribution is 7.10. The van der Waals surface area contributed by atoms with Crippen molar-refractivity contribution in [1.29, 1.82) is 5.26 Å². The van der Waals surface area contributed by atoms with Crippen LogP contribution in [-0.4, -0.2) is 5.91 Å². The van der Waals surface area contributed by atoms with Crippen molar-refractivity contribution >= 4 is 17.2 Å². The van der Waals surface area contributed by atoms with Crippen LogP contribution >= 0.6 is 11.3 Å². The molecule has 1 amide bonds. The van der Waals surface area contributed by atoms with Gasteiger partial charge in [-0.25, -0.2) is 0 Å². The van der Waals surface area contributed by atoms with Gasteiger partial charge in [-0.1, -0.05) is 6.07 Å². The third kappa shape index (κ3) is 3.03. The van der Waals surface area contributed by atoms with Gasteiger partial charge >= 0.3 is 0 Å². The average molecular weight is 311 g/mol. The summed E-state index contributed by atoms with van der Waals surface area (Å²) in [6, 6.07) is 10.3. The van der Waals surface area contributed by atoms with Crippen LogP contribution in [0.5, 0.6) is 0 Å². The minimum absolute atomic E-state index is 0.302. The molecule has 1 aliphatic carbocycles. The van der Waals surface area contributed by atoms with E-state index < -0.39 is 0 Å². The number of nitrogens with zero attached hydrogens (tertiary/aromatic N) is 1. The van der Waals surface area contributed by atoms with Gasteiger partial charge in [-0.15, -0.1) is 11.3 Å². The van der Waals surface area contributed by atoms with E-state index in [-0.39, 0.29) is 5.91 Å². The number of carbonyl (C=O) groups is 1. The zero-order valence-electron chi connectivity index (χ0n) is 12.1. The van der Waals surface area contributed by atoms with Crippen LogP contribution in [0.25, 0.3) is 0 Å². The first-order valence-electron chi connectivity index (χ1n) is 7.31. The first kappa shape index (κ1) is 14.8. The number of amides is 1. The Morgan fingerprint density at radius 2 is 2.32 bits per heavy atom. The molecule has 0 bridgehead atoms. The Labute approximate surface area is 133 Å². The first-order valence-corrected chi connectivity index (χ1v) is 8.19. The third-order valence-corrected chi connectivity index (χ3v) is 4.98. The summed E-state index contributed by atoms with van der Waals surface area (Å²) in [5, 5.41) is 14.4. The molecule has 0 aliphatic heterocycles. The molecule has 5 heteroatoms. The summed E-state index contributed by atoms with van der Waals surface area (Å²) in [4.78, 5) is 12.2. The zero-order valence-corrected chi connectivity index (χ0v) is 13.0. The highest BCUT2D eigenvalue weighted by atomic mass is 32.1. The Hall–Kier alpha value is -2.16. The van der Waals surface area contributed by atoms with E-state index >= 15 is 0 Å². The lowest BCUT2D eigenvalue weighted by atomic mass is 9.86. The van der Waals surface area contributed by atoms with Crippen LogP contribution in [0.3, 0.4) is 0 Å². The number of hydrogen-bond acceptors (Lipinski definition) is 4. The Morgan fingerprint density at radius 1 is 1.45 bits per heavy atom. The van der Waals surface area contributed by atoms with Gasteiger partial charge < -0.3 is 11.1 Å². The summed E-state index contributed by atoms with van der Waals surface area (Å²) in [6.07, 6.45) is 3.25. The quantitative estimate of drug-likeness (QED) is 0.911. The number of nitriles is 1. The maximum atomic E-state index is 11.1. The van der Waals surface area contributed by atoms with Crippen LogP contribution < -0.4 is 11.1 Å². The number of fused-ring (bicyclic) bond motifs is 1. The average Bonchev–Trinajstić information content (AvgIpc) is 3.01. The number of nitrogens with one attached hydrogen (secondary N) is 1. The Kier molecular flexibility index (Phi) is 4.23. The molecule has 1 aromatic heterocycles. The summed E-state index contributed by atoms with van der Waals surface area (Å²) in [5.74, 6) is -0.380. The summed E-state index contributed by atoms with van der Waals surface area (Å²) in [7, 11) is 0. The summed E-state index contributed by atoms with van der Waals surface area (Å²) in [6.45, 7) is 0.724. The fourth-order valence-electron chi connectivity index (χ4n) is 2.92. The van der Waals surface area contributed by atoms with E-state index in [0.29, 0.717) is 11.6 Å². The van der Waals surface area contributed by atoms with Crippen molar-refractivity contribution in [2.45, 2.75) is 31.8 Å². The Balaban J connectivity index is 1.72. The van der Waals surface area contributed by atoms with Gasteiger partial charge in [0.25, 0.3) is 0 Å². The third-order valence-electron chi connectivity index (χ3n) is 4.05. The molecular weight excluding hydrogens is 294 g/mol. The van der Waals surface area contributed by atoms with Crippen molar-refractivity contribution in [2.75, 3.05) is 0 Å². The van der Waals surface area contributed by atoms with Crippen molar-refractivity contribution < 1.29 is 4.79 Å². The molecule has 2 aromatic rings. The number of hydrogen-bond donors (Lipinski definition) is 2. The summed E-state index contributed by atoms with van der Waals surface area (Å²) < 4.78 is 0. The maximum Gasteiger partial charge on any atom is 0.249 e. The van der Waals surface area contributed by atoms with Crippen molar-refractivity contribution in [3.8, 4) is 6.07 Å². The lowest BCUT2D eigenvalue weighted by Crippen LogP contribution is -2.24. The Bertz CT molecular complexity index is 745. The van der Waals surface area contributed by atoms with Gasteiger partial charge in [0.2, 0.25) is 5.91 Å². The van der Waals surface area contributed by atoms with Gasteiger partial charge in [-0.3, -0.25) is 4.79 Å². The normalized spacial score (nSPS) is 16.8. The highest BCUT2D eigenvalue weighted by Gasteiger charge is 2.20. The van der Waals surface area contributed by atoms with Crippen molar-refractivity contribution in [3.63, 3.8) is 0 Å². The zero-order chi connectivity index (χ0) is 15.5. The predicted molar refractivity (Wildman–Crippen MR) is 86.5 cm³/mol. The molecule has 1 aromatic carbocycles. The van der Waals surface area contributed by atoms with Gasteiger partial charge in [-0.2, -0.15) is 5.26 Å². The highest BCUT2D eigenvalue weighted by Crippen LogP contribution is 2.30. The number of aryl methyl sites for hydroxylation is 1. The molecule has 0 saturated heterocycles. The standard InChI is InChI=1S/C17H17N3OS/c18-8-11-4-5-15-12(6-11)2-1-3-16(15)20-9-14-7-13(10-22-14)17(19)21/h4-7,10,16,20H,1-3,9H2,(H2,19,21). The van der Waals surface area contributed by atoms with E-state index in [2.05, 4.69) is 17.5 Å². The summed E-state index contributed by atoms with van der Waals surface area (Å²) in [5.41, 5.74) is 9.14. The molecule has 3 N–H and O–H groups in total. The molecule has 3 rings (SSSR count). The lowest BCUT2D eigenvalue weighted by Gasteiger charge is -2.26. The molecular formula is C17H17N3OS. The fourth-order valence-corrected chi connectivity index (χ4v) is 3.75. The monoisotopic (exact) mass is 311 g/mol. The molecule has 0 radical (unpaired) electrons. The molecule has 1 atom stereocenters. The molecule has 1 unspecified atom stereocenters. The van der Waals surface area contributed by atoms with E-state index in [1.54, 1.807) is 16.7 Å². The fraction of sp³-hybridized carbons (Fsp3) is 0.294. The van der Waals surface area contributed by atoms with Gasteiger partial charge in [0.15, 0.2) is 0 Å². The lowest BCUT2D eigenvalue weighted by molar-refractivity contribution is 0.100. The second kappa shape index (κ2) is 6.30. The molecule has 1 heterocycles. The minimum atomic E-state index is -0.380. The van der Waals surface area contributed by atoms with E-state index in [4.69, 9.17) is 11.0 Å². The van der Waals surface area contributed by atoms with Gasteiger partial charge in [-0.05, 0) is 48.6 Å². The van der Waals surface area contributed by atoms with Crippen molar-refractivity contribution in [2.24, 2.45) is 5.73 Å². The SMILES string of the molecule is N#Cc1ccc2c(c1)CCCC2NCc1cc(C(N)=O)cs1. The molecule has 0 spiro atoms. The number of nitrogens with two attached hydrogens (primary N) is 1. The van der Waals surface area contributed by atoms with E-state index in [1.165, 1.54) is 11.1 Å². The maximum absolute atomic E-state index is 11.1. The van der Waals surface area contributed by atoms with Crippen LogP contribution in [0.1, 0.15) is 50.8 Å². The second-order valence-electron chi connectivity index (χ2n) is 5.52. The van der Waals surface area contributed by atoms with E-state index in [1.807, 2.05) is 18.2 Å². The molecule has 22 heavy (non-hydrogen) atoms. The van der Waals surface area contributed by atoms with Crippen LogP contribution in [-0.2, 0) is 13.0 Å². The van der Waals surface area contributed by atoms with Crippen molar-refractivity contribution in [3.05, 3.63) is 56.8 Å². The number of carbonyl (C=O) groups excluding carboxylic acids is 1. The summed E-state index contributed by atoms with van der Waals surface area (Å²) >= 11 is 1.55. The van der Waals surface area contributed by atoms with E-state index in [0.717, 1.165) is 36.2 Å². The van der Waals surface area contributed by atoms with Crippen LogP contribution in [0.2, 0.25) is 0 Å².